The molecule has 0 spiro atoms. The van der Waals surface area contributed by atoms with E-state index in [1.807, 2.05) is 23.1 Å². The quantitative estimate of drug-likeness (QED) is 0.539. The minimum atomic E-state index is -3.47. The van der Waals surface area contributed by atoms with Crippen molar-refractivity contribution in [3.63, 3.8) is 0 Å². The summed E-state index contributed by atoms with van der Waals surface area (Å²) in [5, 5.41) is 9.50. The summed E-state index contributed by atoms with van der Waals surface area (Å²) in [5.74, 6) is 0.00847. The van der Waals surface area contributed by atoms with Gasteiger partial charge in [0.1, 0.15) is 11.6 Å². The average Bonchev–Trinajstić information content (AvgIpc) is 2.75. The zero-order chi connectivity index (χ0) is 23.3. The van der Waals surface area contributed by atoms with E-state index in [1.165, 1.54) is 13.2 Å². The second kappa shape index (κ2) is 9.71. The van der Waals surface area contributed by atoms with Gasteiger partial charge in [0.25, 0.3) is 0 Å². The van der Waals surface area contributed by atoms with Crippen LogP contribution in [0.1, 0.15) is 22.3 Å². The molecule has 0 aliphatic rings. The van der Waals surface area contributed by atoms with E-state index in [0.717, 1.165) is 17.5 Å². The molecule has 0 heterocycles. The topological polar surface area (TPSA) is 82.4 Å². The van der Waals surface area contributed by atoms with Gasteiger partial charge in [-0.05, 0) is 42.3 Å². The van der Waals surface area contributed by atoms with Gasteiger partial charge in [-0.2, -0.15) is 5.26 Å². The van der Waals surface area contributed by atoms with Crippen LogP contribution in [0.25, 0.3) is 0 Å². The van der Waals surface area contributed by atoms with E-state index in [4.69, 9.17) is 4.74 Å². The van der Waals surface area contributed by atoms with Crippen LogP contribution >= 0.6 is 0 Å². The second-order valence-electron chi connectivity index (χ2n) is 7.41. The number of ether oxygens (including phenoxy) is 1. The van der Waals surface area contributed by atoms with Crippen LogP contribution in [-0.2, 0) is 23.1 Å². The van der Waals surface area contributed by atoms with Crippen molar-refractivity contribution in [2.24, 2.45) is 0 Å². The molecule has 3 rings (SSSR count). The highest BCUT2D eigenvalue weighted by molar-refractivity contribution is 7.92. The fraction of sp³-hybridized carbons (Fsp3) is 0.208. The zero-order valence-corrected chi connectivity index (χ0v) is 18.9. The summed E-state index contributed by atoms with van der Waals surface area (Å²) in [6.45, 7) is 2.34. The highest BCUT2D eigenvalue weighted by atomic mass is 32.2. The molecular weight excluding hydrogens is 429 g/mol. The van der Waals surface area contributed by atoms with Crippen molar-refractivity contribution in [3.05, 3.63) is 88.7 Å². The minimum absolute atomic E-state index is 0.207. The first-order valence-corrected chi connectivity index (χ1v) is 11.7. The van der Waals surface area contributed by atoms with Crippen molar-refractivity contribution in [2.45, 2.75) is 20.0 Å². The number of halogens is 1. The molecule has 0 aliphatic carbocycles. The van der Waals surface area contributed by atoms with Crippen molar-refractivity contribution in [2.75, 3.05) is 23.0 Å². The van der Waals surface area contributed by atoms with Crippen molar-refractivity contribution in [1.82, 2.24) is 0 Å². The smallest absolute Gasteiger partial charge is 0.229 e. The fourth-order valence-electron chi connectivity index (χ4n) is 3.46. The average molecular weight is 454 g/mol. The van der Waals surface area contributed by atoms with E-state index in [2.05, 4.69) is 10.8 Å². The highest BCUT2D eigenvalue weighted by Gasteiger charge is 2.18. The van der Waals surface area contributed by atoms with Crippen molar-refractivity contribution in [3.8, 4) is 11.8 Å². The number of hydrogen-bond donors (Lipinski definition) is 1. The lowest BCUT2D eigenvalue weighted by atomic mass is 10.0. The summed E-state index contributed by atoms with van der Waals surface area (Å²) in [5.41, 5.74) is 3.61. The molecular formula is C24H24FN3O3S. The third kappa shape index (κ3) is 5.56. The Labute approximate surface area is 187 Å². The van der Waals surface area contributed by atoms with Crippen molar-refractivity contribution >= 4 is 21.4 Å². The number of nitriles is 1. The molecule has 1 N–H and O–H groups in total. The molecule has 8 heteroatoms. The van der Waals surface area contributed by atoms with Crippen molar-refractivity contribution in [1.29, 1.82) is 5.26 Å². The van der Waals surface area contributed by atoms with Crippen LogP contribution in [0.3, 0.4) is 0 Å². The summed E-state index contributed by atoms with van der Waals surface area (Å²) in [4.78, 5) is 1.92. The van der Waals surface area contributed by atoms with Gasteiger partial charge in [-0.25, -0.2) is 12.8 Å². The SMILES string of the molecule is COc1ccc(CN(Cc2ccccc2C#N)c2cccc(NS(C)(=O)=O)c2C)c(F)c1. The molecule has 0 saturated heterocycles. The first kappa shape index (κ1) is 23.1. The van der Waals surface area contributed by atoms with E-state index in [0.29, 0.717) is 34.7 Å². The molecule has 0 aliphatic heterocycles. The van der Waals surface area contributed by atoms with Crippen LogP contribution in [0, 0.1) is 24.1 Å². The molecule has 0 amide bonds. The Balaban J connectivity index is 2.07. The maximum absolute atomic E-state index is 14.7. The first-order chi connectivity index (χ1) is 15.2. The zero-order valence-electron chi connectivity index (χ0n) is 18.1. The fourth-order valence-corrected chi connectivity index (χ4v) is 4.08. The van der Waals surface area contributed by atoms with E-state index >= 15 is 0 Å². The maximum atomic E-state index is 14.7. The van der Waals surface area contributed by atoms with E-state index in [1.54, 1.807) is 43.3 Å². The van der Waals surface area contributed by atoms with Gasteiger partial charge in [0.15, 0.2) is 0 Å². The number of methoxy groups -OCH3 is 1. The summed E-state index contributed by atoms with van der Waals surface area (Å²) in [7, 11) is -2.00. The molecule has 0 saturated carbocycles. The molecule has 0 fully saturated rings. The summed E-state index contributed by atoms with van der Waals surface area (Å²) < 4.78 is 45.9. The molecule has 3 aromatic rings. The number of benzene rings is 3. The standard InChI is InChI=1S/C24H24FN3O3S/c1-17-23(27-32(3,29)30)9-6-10-24(17)28(15-19-8-5-4-7-18(19)14-26)16-20-11-12-21(31-2)13-22(20)25/h4-13,27H,15-16H2,1-3H3. The molecule has 0 atom stereocenters. The molecule has 3 aromatic carbocycles. The lowest BCUT2D eigenvalue weighted by Gasteiger charge is -2.28. The molecule has 0 radical (unpaired) electrons. The van der Waals surface area contributed by atoms with Crippen LogP contribution < -0.4 is 14.4 Å². The Hall–Kier alpha value is -3.57. The van der Waals surface area contributed by atoms with Gasteiger partial charge in [0.05, 0.1) is 30.7 Å². The molecule has 6 nitrogen and oxygen atoms in total. The normalized spacial score (nSPS) is 11.0. The van der Waals surface area contributed by atoms with Gasteiger partial charge in [-0.15, -0.1) is 0 Å². The predicted octanol–water partition coefficient (Wildman–Crippen LogP) is 4.59. The third-order valence-electron chi connectivity index (χ3n) is 5.06. The highest BCUT2D eigenvalue weighted by Crippen LogP contribution is 2.31. The van der Waals surface area contributed by atoms with Crippen LogP contribution in [-0.4, -0.2) is 21.8 Å². The maximum Gasteiger partial charge on any atom is 0.229 e. The minimum Gasteiger partial charge on any atom is -0.497 e. The third-order valence-corrected chi connectivity index (χ3v) is 5.65. The molecule has 0 bridgehead atoms. The van der Waals surface area contributed by atoms with Gasteiger partial charge >= 0.3 is 0 Å². The number of sulfonamides is 1. The predicted molar refractivity (Wildman–Crippen MR) is 124 cm³/mol. The monoisotopic (exact) mass is 453 g/mol. The number of anilines is 2. The Bertz CT molecular complexity index is 1270. The van der Waals surface area contributed by atoms with Gasteiger partial charge in [0, 0.05) is 30.4 Å². The largest absolute Gasteiger partial charge is 0.497 e. The van der Waals surface area contributed by atoms with Crippen LogP contribution in [0.4, 0.5) is 15.8 Å². The van der Waals surface area contributed by atoms with Crippen LogP contribution in [0.2, 0.25) is 0 Å². The Morgan fingerprint density at radius 2 is 1.78 bits per heavy atom. The Morgan fingerprint density at radius 1 is 1.06 bits per heavy atom. The molecule has 166 valence electrons. The molecule has 0 unspecified atom stereocenters. The van der Waals surface area contributed by atoms with E-state index < -0.39 is 15.8 Å². The second-order valence-corrected chi connectivity index (χ2v) is 9.15. The number of nitrogens with zero attached hydrogens (tertiary/aromatic N) is 2. The van der Waals surface area contributed by atoms with Gasteiger partial charge in [-0.1, -0.05) is 30.3 Å². The van der Waals surface area contributed by atoms with Crippen LogP contribution in [0.5, 0.6) is 5.75 Å². The summed E-state index contributed by atoms with van der Waals surface area (Å²) in [6.07, 6.45) is 1.09. The number of hydrogen-bond acceptors (Lipinski definition) is 5. The molecule has 32 heavy (non-hydrogen) atoms. The lowest BCUT2D eigenvalue weighted by Crippen LogP contribution is -2.24. The summed E-state index contributed by atoms with van der Waals surface area (Å²) >= 11 is 0. The van der Waals surface area contributed by atoms with Gasteiger partial charge in [0.2, 0.25) is 10.0 Å². The Morgan fingerprint density at radius 3 is 2.44 bits per heavy atom. The van der Waals surface area contributed by atoms with Gasteiger partial charge in [-0.3, -0.25) is 4.72 Å². The Kier molecular flexibility index (Phi) is 7.01. The van der Waals surface area contributed by atoms with Crippen molar-refractivity contribution < 1.29 is 17.5 Å². The van der Waals surface area contributed by atoms with E-state index in [-0.39, 0.29) is 6.54 Å². The van der Waals surface area contributed by atoms with E-state index in [9.17, 15) is 18.1 Å². The molecule has 0 aromatic heterocycles. The van der Waals surface area contributed by atoms with Gasteiger partial charge < -0.3 is 9.64 Å². The number of nitrogens with one attached hydrogen (secondary N) is 1. The first-order valence-electron chi connectivity index (χ1n) is 9.84. The summed E-state index contributed by atoms with van der Waals surface area (Å²) in [6, 6.07) is 19.3. The number of rotatable bonds is 8. The lowest BCUT2D eigenvalue weighted by molar-refractivity contribution is 0.410. The van der Waals surface area contributed by atoms with Crippen LogP contribution in [0.15, 0.2) is 60.7 Å².